The van der Waals surface area contributed by atoms with Gasteiger partial charge in [0.1, 0.15) is 12.3 Å². The number of carbonyl (C=O) groups excluding carboxylic acids is 1. The number of nitrogens with one attached hydrogen (secondary N) is 1. The number of hydrogen-bond acceptors (Lipinski definition) is 4. The molecule has 1 N–H and O–H groups in total. The van der Waals surface area contributed by atoms with Crippen LogP contribution < -0.4 is 14.4 Å². The van der Waals surface area contributed by atoms with Crippen molar-refractivity contribution in [2.45, 2.75) is 13.5 Å². The summed E-state index contributed by atoms with van der Waals surface area (Å²) in [7, 11) is -2.02. The number of hydrogen-bond donors (Lipinski definition) is 1. The quantitative estimate of drug-likeness (QED) is 0.818. The lowest BCUT2D eigenvalue weighted by atomic mass is 10.2. The van der Waals surface area contributed by atoms with Crippen molar-refractivity contribution in [3.63, 3.8) is 0 Å². The minimum Gasteiger partial charge on any atom is -0.496 e. The third-order valence-electron chi connectivity index (χ3n) is 3.65. The van der Waals surface area contributed by atoms with E-state index in [2.05, 4.69) is 5.32 Å². The van der Waals surface area contributed by atoms with Gasteiger partial charge in [-0.3, -0.25) is 9.10 Å². The van der Waals surface area contributed by atoms with Crippen LogP contribution in [0.4, 0.5) is 5.69 Å². The van der Waals surface area contributed by atoms with Crippen molar-refractivity contribution in [1.82, 2.24) is 5.32 Å². The van der Waals surface area contributed by atoms with E-state index in [9.17, 15) is 13.2 Å². The molecule has 0 bridgehead atoms. The standard InChI is InChI=1S/C18H22N2O4S/c1-14-7-6-9-16(11-14)20(25(3,22)23)13-18(21)19-12-15-8-4-5-10-17(15)24-2/h4-11H,12-13H2,1-3H3,(H,19,21). The summed E-state index contributed by atoms with van der Waals surface area (Å²) in [5.41, 5.74) is 2.20. The van der Waals surface area contributed by atoms with Crippen LogP contribution in [-0.2, 0) is 21.4 Å². The van der Waals surface area contributed by atoms with Crippen molar-refractivity contribution < 1.29 is 17.9 Å². The van der Waals surface area contributed by atoms with E-state index in [-0.39, 0.29) is 13.1 Å². The highest BCUT2D eigenvalue weighted by molar-refractivity contribution is 7.92. The zero-order chi connectivity index (χ0) is 18.4. The van der Waals surface area contributed by atoms with Gasteiger partial charge in [0, 0.05) is 12.1 Å². The molecule has 0 atom stereocenters. The van der Waals surface area contributed by atoms with Gasteiger partial charge in [0.25, 0.3) is 0 Å². The highest BCUT2D eigenvalue weighted by Crippen LogP contribution is 2.19. The molecule has 0 fully saturated rings. The van der Waals surface area contributed by atoms with Crippen molar-refractivity contribution in [2.24, 2.45) is 0 Å². The molecule has 0 aromatic heterocycles. The van der Waals surface area contributed by atoms with Crippen LogP contribution in [0.25, 0.3) is 0 Å². The van der Waals surface area contributed by atoms with Gasteiger partial charge < -0.3 is 10.1 Å². The third-order valence-corrected chi connectivity index (χ3v) is 4.79. The number of anilines is 1. The number of sulfonamides is 1. The summed E-state index contributed by atoms with van der Waals surface area (Å²) in [5.74, 6) is 0.277. The fourth-order valence-corrected chi connectivity index (χ4v) is 3.26. The highest BCUT2D eigenvalue weighted by atomic mass is 32.2. The SMILES string of the molecule is COc1ccccc1CNC(=O)CN(c1cccc(C)c1)S(C)(=O)=O. The second-order valence-corrected chi connectivity index (χ2v) is 7.60. The second-order valence-electron chi connectivity index (χ2n) is 5.70. The molecule has 0 saturated heterocycles. The Morgan fingerprint density at radius 2 is 1.88 bits per heavy atom. The Morgan fingerprint density at radius 1 is 1.16 bits per heavy atom. The number of methoxy groups -OCH3 is 1. The van der Waals surface area contributed by atoms with Crippen molar-refractivity contribution in [3.05, 3.63) is 59.7 Å². The van der Waals surface area contributed by atoms with Gasteiger partial charge in [0.15, 0.2) is 0 Å². The maximum atomic E-state index is 12.3. The summed E-state index contributed by atoms with van der Waals surface area (Å²) in [4.78, 5) is 12.3. The van der Waals surface area contributed by atoms with Gasteiger partial charge in [0.2, 0.25) is 15.9 Å². The van der Waals surface area contributed by atoms with E-state index in [4.69, 9.17) is 4.74 Å². The van der Waals surface area contributed by atoms with Crippen LogP contribution in [0.1, 0.15) is 11.1 Å². The van der Waals surface area contributed by atoms with E-state index in [1.54, 1.807) is 31.4 Å². The number of para-hydroxylation sites is 1. The van der Waals surface area contributed by atoms with Crippen molar-refractivity contribution >= 4 is 21.6 Å². The van der Waals surface area contributed by atoms with Crippen LogP contribution in [-0.4, -0.2) is 34.2 Å². The van der Waals surface area contributed by atoms with Crippen LogP contribution in [0.15, 0.2) is 48.5 Å². The third kappa shape index (κ3) is 5.22. The molecule has 134 valence electrons. The molecule has 7 heteroatoms. The summed E-state index contributed by atoms with van der Waals surface area (Å²) >= 11 is 0. The van der Waals surface area contributed by atoms with Gasteiger partial charge in [-0.25, -0.2) is 8.42 Å². The van der Waals surface area contributed by atoms with Gasteiger partial charge in [-0.15, -0.1) is 0 Å². The Balaban J connectivity index is 2.10. The van der Waals surface area contributed by atoms with Crippen molar-refractivity contribution in [1.29, 1.82) is 0 Å². The van der Waals surface area contributed by atoms with Crippen LogP contribution in [0.5, 0.6) is 5.75 Å². The predicted octanol–water partition coefficient (Wildman–Crippen LogP) is 2.09. The maximum absolute atomic E-state index is 12.3. The smallest absolute Gasteiger partial charge is 0.241 e. The largest absolute Gasteiger partial charge is 0.496 e. The first-order valence-electron chi connectivity index (χ1n) is 7.74. The number of aryl methyl sites for hydroxylation is 1. The summed E-state index contributed by atoms with van der Waals surface area (Å²) in [6.45, 7) is 1.84. The lowest BCUT2D eigenvalue weighted by Gasteiger charge is -2.22. The lowest BCUT2D eigenvalue weighted by molar-refractivity contribution is -0.119. The minimum atomic E-state index is -3.58. The van der Waals surface area contributed by atoms with E-state index < -0.39 is 15.9 Å². The maximum Gasteiger partial charge on any atom is 0.241 e. The van der Waals surface area contributed by atoms with Crippen LogP contribution in [0, 0.1) is 6.92 Å². The summed E-state index contributed by atoms with van der Waals surface area (Å²) in [6, 6.07) is 14.4. The van der Waals surface area contributed by atoms with E-state index in [1.807, 2.05) is 31.2 Å². The number of amides is 1. The molecule has 0 saturated carbocycles. The molecule has 2 aromatic rings. The van der Waals surface area contributed by atoms with Crippen LogP contribution in [0.2, 0.25) is 0 Å². The first kappa shape index (κ1) is 18.8. The van der Waals surface area contributed by atoms with Gasteiger partial charge in [0.05, 0.1) is 19.1 Å². The first-order chi connectivity index (χ1) is 11.8. The van der Waals surface area contributed by atoms with E-state index in [1.165, 1.54) is 0 Å². The summed E-state index contributed by atoms with van der Waals surface area (Å²) in [5, 5.41) is 2.74. The van der Waals surface area contributed by atoms with E-state index in [0.29, 0.717) is 11.4 Å². The molecule has 0 aliphatic heterocycles. The van der Waals surface area contributed by atoms with Crippen molar-refractivity contribution in [3.8, 4) is 5.75 Å². The topological polar surface area (TPSA) is 75.7 Å². The number of nitrogens with zero attached hydrogens (tertiary/aromatic N) is 1. The number of rotatable bonds is 7. The van der Waals surface area contributed by atoms with Crippen LogP contribution >= 0.6 is 0 Å². The molecule has 2 aromatic carbocycles. The van der Waals surface area contributed by atoms with Gasteiger partial charge in [-0.1, -0.05) is 30.3 Å². The lowest BCUT2D eigenvalue weighted by Crippen LogP contribution is -2.40. The molecule has 0 aliphatic rings. The Morgan fingerprint density at radius 3 is 2.52 bits per heavy atom. The highest BCUT2D eigenvalue weighted by Gasteiger charge is 2.20. The number of carbonyl (C=O) groups is 1. The molecule has 2 rings (SSSR count). The van der Waals surface area contributed by atoms with E-state index >= 15 is 0 Å². The molecule has 1 amide bonds. The number of benzene rings is 2. The monoisotopic (exact) mass is 362 g/mol. The first-order valence-corrected chi connectivity index (χ1v) is 9.59. The second kappa shape index (κ2) is 8.02. The fraction of sp³-hybridized carbons (Fsp3) is 0.278. The molecule has 0 aliphatic carbocycles. The average molecular weight is 362 g/mol. The zero-order valence-electron chi connectivity index (χ0n) is 14.5. The Bertz CT molecular complexity index is 850. The molecule has 0 spiro atoms. The van der Waals surface area contributed by atoms with Gasteiger partial charge in [-0.2, -0.15) is 0 Å². The Hall–Kier alpha value is -2.54. The molecule has 0 radical (unpaired) electrons. The summed E-state index contributed by atoms with van der Waals surface area (Å²) in [6.07, 6.45) is 1.09. The average Bonchev–Trinajstić information content (AvgIpc) is 2.57. The van der Waals surface area contributed by atoms with Gasteiger partial charge >= 0.3 is 0 Å². The minimum absolute atomic E-state index is 0.258. The molecular formula is C18H22N2O4S. The zero-order valence-corrected chi connectivity index (χ0v) is 15.3. The fourth-order valence-electron chi connectivity index (χ4n) is 2.41. The Labute approximate surface area is 148 Å². The Kier molecular flexibility index (Phi) is 6.03. The number of ether oxygens (including phenoxy) is 1. The van der Waals surface area contributed by atoms with Gasteiger partial charge in [-0.05, 0) is 30.7 Å². The van der Waals surface area contributed by atoms with E-state index in [0.717, 1.165) is 21.7 Å². The van der Waals surface area contributed by atoms with Crippen LogP contribution in [0.3, 0.4) is 0 Å². The summed E-state index contributed by atoms with van der Waals surface area (Å²) < 4.78 is 30.5. The molecule has 6 nitrogen and oxygen atoms in total. The molecule has 0 heterocycles. The normalized spacial score (nSPS) is 11.0. The van der Waals surface area contributed by atoms with Crippen molar-refractivity contribution in [2.75, 3.05) is 24.2 Å². The molecular weight excluding hydrogens is 340 g/mol. The molecule has 25 heavy (non-hydrogen) atoms. The predicted molar refractivity (Wildman–Crippen MR) is 98.2 cm³/mol. The molecule has 0 unspecified atom stereocenters.